The molecule has 0 spiro atoms. The summed E-state index contributed by atoms with van der Waals surface area (Å²) in [6.07, 6.45) is 3.75. The zero-order chi connectivity index (χ0) is 13.9. The maximum Gasteiger partial charge on any atom is 0.244 e. The standard InChI is InChI=1S/C16H19N3O/c1-2-17-15-8-5-9-19(16(15)20)13-10-12-6-3-4-7-14(12)18-11-13/h3-4,6-7,10-11,15,17H,2,5,8-9H2,1H3. The van der Waals surface area contributed by atoms with Crippen molar-refractivity contribution in [3.05, 3.63) is 36.5 Å². The number of carbonyl (C=O) groups excluding carboxylic acids is 1. The third-order valence-corrected chi connectivity index (χ3v) is 3.78. The van der Waals surface area contributed by atoms with Gasteiger partial charge in [0.1, 0.15) is 0 Å². The van der Waals surface area contributed by atoms with Crippen LogP contribution in [0.5, 0.6) is 0 Å². The SMILES string of the molecule is CCNC1CCCN(c2cnc3ccccc3c2)C1=O. The Morgan fingerprint density at radius 3 is 3.10 bits per heavy atom. The van der Waals surface area contributed by atoms with Gasteiger partial charge in [-0.2, -0.15) is 0 Å². The number of hydrogen-bond donors (Lipinski definition) is 1. The van der Waals surface area contributed by atoms with E-state index in [-0.39, 0.29) is 11.9 Å². The summed E-state index contributed by atoms with van der Waals surface area (Å²) in [5.74, 6) is 0.162. The van der Waals surface area contributed by atoms with Crippen LogP contribution >= 0.6 is 0 Å². The van der Waals surface area contributed by atoms with Crippen molar-refractivity contribution in [3.8, 4) is 0 Å². The molecule has 1 unspecified atom stereocenters. The average molecular weight is 269 g/mol. The van der Waals surface area contributed by atoms with Crippen molar-refractivity contribution in [2.45, 2.75) is 25.8 Å². The van der Waals surface area contributed by atoms with Crippen LogP contribution < -0.4 is 10.2 Å². The molecule has 1 N–H and O–H groups in total. The van der Waals surface area contributed by atoms with E-state index in [0.717, 1.165) is 42.5 Å². The third kappa shape index (κ3) is 2.39. The molecule has 1 saturated heterocycles. The van der Waals surface area contributed by atoms with Crippen LogP contribution in [-0.4, -0.2) is 30.0 Å². The Bertz CT molecular complexity index is 624. The fourth-order valence-electron chi connectivity index (χ4n) is 2.77. The summed E-state index contributed by atoms with van der Waals surface area (Å²) in [4.78, 5) is 18.8. The largest absolute Gasteiger partial charge is 0.310 e. The first-order valence-electron chi connectivity index (χ1n) is 7.19. The first-order valence-corrected chi connectivity index (χ1v) is 7.19. The van der Waals surface area contributed by atoms with E-state index in [1.165, 1.54) is 0 Å². The highest BCUT2D eigenvalue weighted by Gasteiger charge is 2.29. The van der Waals surface area contributed by atoms with Crippen LogP contribution in [0.4, 0.5) is 5.69 Å². The fourth-order valence-corrected chi connectivity index (χ4v) is 2.77. The zero-order valence-corrected chi connectivity index (χ0v) is 11.7. The van der Waals surface area contributed by atoms with Gasteiger partial charge in [-0.25, -0.2) is 0 Å². The van der Waals surface area contributed by atoms with Crippen LogP contribution in [0.2, 0.25) is 0 Å². The molecule has 4 nitrogen and oxygen atoms in total. The second kappa shape index (κ2) is 5.59. The number of carbonyl (C=O) groups is 1. The minimum absolute atomic E-state index is 0.0554. The van der Waals surface area contributed by atoms with Crippen LogP contribution in [0.15, 0.2) is 36.5 Å². The van der Waals surface area contributed by atoms with Crippen molar-refractivity contribution in [2.75, 3.05) is 18.0 Å². The number of nitrogens with one attached hydrogen (secondary N) is 1. The van der Waals surface area contributed by atoms with Gasteiger partial charge in [-0.15, -0.1) is 0 Å². The second-order valence-electron chi connectivity index (χ2n) is 5.13. The molecule has 4 heteroatoms. The van der Waals surface area contributed by atoms with Gasteiger partial charge in [0.2, 0.25) is 5.91 Å². The van der Waals surface area contributed by atoms with E-state index in [9.17, 15) is 4.79 Å². The van der Waals surface area contributed by atoms with Crippen molar-refractivity contribution < 1.29 is 4.79 Å². The van der Waals surface area contributed by atoms with Gasteiger partial charge in [0.05, 0.1) is 23.4 Å². The predicted octanol–water partition coefficient (Wildman–Crippen LogP) is 2.34. The molecule has 1 aromatic heterocycles. The fraction of sp³-hybridized carbons (Fsp3) is 0.375. The zero-order valence-electron chi connectivity index (χ0n) is 11.7. The number of benzene rings is 1. The molecule has 0 saturated carbocycles. The highest BCUT2D eigenvalue weighted by molar-refractivity contribution is 5.99. The van der Waals surface area contributed by atoms with Gasteiger partial charge in [0.25, 0.3) is 0 Å². The van der Waals surface area contributed by atoms with Crippen molar-refractivity contribution in [2.24, 2.45) is 0 Å². The summed E-state index contributed by atoms with van der Waals surface area (Å²) in [7, 11) is 0. The number of para-hydroxylation sites is 1. The van der Waals surface area contributed by atoms with E-state index in [0.29, 0.717) is 0 Å². The maximum atomic E-state index is 12.5. The van der Waals surface area contributed by atoms with E-state index in [1.54, 1.807) is 6.20 Å². The van der Waals surface area contributed by atoms with Gasteiger partial charge in [0, 0.05) is 11.9 Å². The Labute approximate surface area is 118 Å². The molecule has 0 bridgehead atoms. The molecule has 2 aromatic rings. The number of pyridine rings is 1. The molecule has 20 heavy (non-hydrogen) atoms. The Morgan fingerprint density at radius 2 is 2.25 bits per heavy atom. The quantitative estimate of drug-likeness (QED) is 0.930. The number of piperidine rings is 1. The number of likely N-dealkylation sites (N-methyl/N-ethyl adjacent to an activating group) is 1. The number of fused-ring (bicyclic) bond motifs is 1. The summed E-state index contributed by atoms with van der Waals surface area (Å²) < 4.78 is 0. The summed E-state index contributed by atoms with van der Waals surface area (Å²) in [5, 5.41) is 4.33. The lowest BCUT2D eigenvalue weighted by Gasteiger charge is -2.32. The summed E-state index contributed by atoms with van der Waals surface area (Å²) in [6, 6.07) is 9.98. The van der Waals surface area contributed by atoms with Gasteiger partial charge in [-0.1, -0.05) is 25.1 Å². The Kier molecular flexibility index (Phi) is 3.65. The molecule has 104 valence electrons. The molecule has 0 radical (unpaired) electrons. The first kappa shape index (κ1) is 13.1. The number of hydrogen-bond acceptors (Lipinski definition) is 3. The van der Waals surface area contributed by atoms with Crippen LogP contribution in [-0.2, 0) is 4.79 Å². The highest BCUT2D eigenvalue weighted by atomic mass is 16.2. The molecular weight excluding hydrogens is 250 g/mol. The van der Waals surface area contributed by atoms with Crippen LogP contribution in [0.3, 0.4) is 0 Å². The molecule has 3 rings (SSSR count). The summed E-state index contributed by atoms with van der Waals surface area (Å²) in [5.41, 5.74) is 1.86. The van der Waals surface area contributed by atoms with E-state index in [2.05, 4.69) is 16.4 Å². The Balaban J connectivity index is 1.91. The average Bonchev–Trinajstić information content (AvgIpc) is 2.49. The van der Waals surface area contributed by atoms with Crippen molar-refractivity contribution >= 4 is 22.5 Å². The van der Waals surface area contributed by atoms with Gasteiger partial charge in [-0.05, 0) is 31.5 Å². The van der Waals surface area contributed by atoms with E-state index < -0.39 is 0 Å². The summed E-state index contributed by atoms with van der Waals surface area (Å²) in [6.45, 7) is 3.63. The molecule has 1 fully saturated rings. The molecule has 1 aliphatic rings. The number of nitrogens with zero attached hydrogens (tertiary/aromatic N) is 2. The Hall–Kier alpha value is -1.94. The molecule has 0 aliphatic carbocycles. The molecule has 1 amide bonds. The molecular formula is C16H19N3O. The highest BCUT2D eigenvalue weighted by Crippen LogP contribution is 2.23. The molecule has 1 atom stereocenters. The topological polar surface area (TPSA) is 45.2 Å². The predicted molar refractivity (Wildman–Crippen MR) is 80.8 cm³/mol. The Morgan fingerprint density at radius 1 is 1.40 bits per heavy atom. The lowest BCUT2D eigenvalue weighted by Crippen LogP contribution is -2.50. The lowest BCUT2D eigenvalue weighted by molar-refractivity contribution is -0.121. The number of anilines is 1. The van der Waals surface area contributed by atoms with Gasteiger partial charge < -0.3 is 10.2 Å². The maximum absolute atomic E-state index is 12.5. The van der Waals surface area contributed by atoms with Crippen LogP contribution in [0.25, 0.3) is 10.9 Å². The smallest absolute Gasteiger partial charge is 0.244 e. The molecule has 2 heterocycles. The number of aromatic nitrogens is 1. The van der Waals surface area contributed by atoms with E-state index in [4.69, 9.17) is 0 Å². The number of rotatable bonds is 3. The lowest BCUT2D eigenvalue weighted by atomic mass is 10.0. The van der Waals surface area contributed by atoms with Gasteiger partial charge in [-0.3, -0.25) is 9.78 Å². The van der Waals surface area contributed by atoms with Crippen molar-refractivity contribution in [1.82, 2.24) is 10.3 Å². The van der Waals surface area contributed by atoms with Crippen molar-refractivity contribution in [1.29, 1.82) is 0 Å². The minimum atomic E-state index is -0.0554. The van der Waals surface area contributed by atoms with E-state index >= 15 is 0 Å². The minimum Gasteiger partial charge on any atom is -0.310 e. The van der Waals surface area contributed by atoms with Gasteiger partial charge in [0.15, 0.2) is 0 Å². The monoisotopic (exact) mass is 269 g/mol. The number of amides is 1. The third-order valence-electron chi connectivity index (χ3n) is 3.78. The first-order chi connectivity index (χ1) is 9.79. The van der Waals surface area contributed by atoms with E-state index in [1.807, 2.05) is 36.1 Å². The second-order valence-corrected chi connectivity index (χ2v) is 5.13. The molecule has 1 aromatic carbocycles. The van der Waals surface area contributed by atoms with Crippen LogP contribution in [0, 0.1) is 0 Å². The molecule has 1 aliphatic heterocycles. The van der Waals surface area contributed by atoms with Gasteiger partial charge >= 0.3 is 0 Å². The van der Waals surface area contributed by atoms with Crippen molar-refractivity contribution in [3.63, 3.8) is 0 Å². The summed E-state index contributed by atoms with van der Waals surface area (Å²) >= 11 is 0. The van der Waals surface area contributed by atoms with Crippen LogP contribution in [0.1, 0.15) is 19.8 Å². The normalized spacial score (nSPS) is 19.6.